The zero-order valence-electron chi connectivity index (χ0n) is 9.84. The van der Waals surface area contributed by atoms with Crippen molar-refractivity contribution in [2.45, 2.75) is 37.0 Å². The first-order valence-electron chi connectivity index (χ1n) is 5.94. The molecule has 0 spiro atoms. The molecule has 1 aliphatic rings. The van der Waals surface area contributed by atoms with Crippen molar-refractivity contribution in [2.24, 2.45) is 0 Å². The summed E-state index contributed by atoms with van der Waals surface area (Å²) in [5.74, 6) is 0. The van der Waals surface area contributed by atoms with Crippen LogP contribution in [0.3, 0.4) is 0 Å². The van der Waals surface area contributed by atoms with E-state index in [1.807, 2.05) is 0 Å². The standard InChI is InChI=1S/C12H16ClNO3S/c13-9-5-7-10(8-6-9)14-18(16,17)12-4-2-1-3-11(12)15/h5-8,11-12,14-15H,1-4H2. The van der Waals surface area contributed by atoms with Crippen molar-refractivity contribution >= 4 is 27.3 Å². The Hall–Kier alpha value is -0.780. The fourth-order valence-electron chi connectivity index (χ4n) is 2.20. The van der Waals surface area contributed by atoms with E-state index in [-0.39, 0.29) is 0 Å². The molecule has 0 saturated heterocycles. The van der Waals surface area contributed by atoms with Crippen molar-refractivity contribution in [1.82, 2.24) is 0 Å². The van der Waals surface area contributed by atoms with Crippen LogP contribution in [0.1, 0.15) is 25.7 Å². The van der Waals surface area contributed by atoms with Gasteiger partial charge in [0, 0.05) is 10.7 Å². The molecule has 1 aromatic carbocycles. The number of hydrogen-bond acceptors (Lipinski definition) is 3. The van der Waals surface area contributed by atoms with E-state index in [1.165, 1.54) is 0 Å². The van der Waals surface area contributed by atoms with Crippen LogP contribution in [0.15, 0.2) is 24.3 Å². The number of benzene rings is 1. The fourth-order valence-corrected chi connectivity index (χ4v) is 3.97. The molecular formula is C12H16ClNO3S. The molecule has 100 valence electrons. The largest absolute Gasteiger partial charge is 0.392 e. The minimum absolute atomic E-state index is 0.470. The second-order valence-corrected chi connectivity index (χ2v) is 6.88. The molecule has 2 unspecified atom stereocenters. The molecule has 0 radical (unpaired) electrons. The van der Waals surface area contributed by atoms with Gasteiger partial charge in [-0.05, 0) is 37.1 Å². The lowest BCUT2D eigenvalue weighted by molar-refractivity contribution is 0.133. The normalized spacial score (nSPS) is 24.8. The van der Waals surface area contributed by atoms with Crippen LogP contribution in [0.4, 0.5) is 5.69 Å². The Morgan fingerprint density at radius 1 is 1.17 bits per heavy atom. The molecule has 0 heterocycles. The number of aliphatic hydroxyl groups is 1. The summed E-state index contributed by atoms with van der Waals surface area (Å²) in [7, 11) is -3.54. The van der Waals surface area contributed by atoms with E-state index in [2.05, 4.69) is 4.72 Å². The van der Waals surface area contributed by atoms with E-state index in [4.69, 9.17) is 11.6 Å². The van der Waals surface area contributed by atoms with Crippen LogP contribution in [-0.4, -0.2) is 24.9 Å². The van der Waals surface area contributed by atoms with Gasteiger partial charge in [-0.1, -0.05) is 24.4 Å². The first-order chi connectivity index (χ1) is 8.49. The summed E-state index contributed by atoms with van der Waals surface area (Å²) in [6.07, 6.45) is 2.00. The summed E-state index contributed by atoms with van der Waals surface area (Å²) in [6, 6.07) is 6.46. The van der Waals surface area contributed by atoms with Gasteiger partial charge in [0.1, 0.15) is 5.25 Å². The zero-order chi connectivity index (χ0) is 13.2. The Kier molecular flexibility index (Phi) is 4.14. The number of halogens is 1. The van der Waals surface area contributed by atoms with Crippen LogP contribution < -0.4 is 4.72 Å². The maximum atomic E-state index is 12.1. The molecule has 1 fully saturated rings. The molecule has 6 heteroatoms. The summed E-state index contributed by atoms with van der Waals surface area (Å²) in [5.41, 5.74) is 0.470. The number of anilines is 1. The zero-order valence-corrected chi connectivity index (χ0v) is 11.4. The van der Waals surface area contributed by atoms with Gasteiger partial charge in [-0.3, -0.25) is 4.72 Å². The summed E-state index contributed by atoms with van der Waals surface area (Å²) in [4.78, 5) is 0. The van der Waals surface area contributed by atoms with Gasteiger partial charge < -0.3 is 5.11 Å². The van der Waals surface area contributed by atoms with E-state index in [0.29, 0.717) is 23.6 Å². The Labute approximate surface area is 112 Å². The van der Waals surface area contributed by atoms with Crippen molar-refractivity contribution in [2.75, 3.05) is 4.72 Å². The van der Waals surface area contributed by atoms with Crippen molar-refractivity contribution in [3.63, 3.8) is 0 Å². The molecule has 0 aromatic heterocycles. The number of hydrogen-bond donors (Lipinski definition) is 2. The van der Waals surface area contributed by atoms with E-state index in [0.717, 1.165) is 12.8 Å². The molecule has 0 bridgehead atoms. The Balaban J connectivity index is 2.13. The molecular weight excluding hydrogens is 274 g/mol. The number of aliphatic hydroxyl groups excluding tert-OH is 1. The molecule has 0 amide bonds. The van der Waals surface area contributed by atoms with E-state index < -0.39 is 21.4 Å². The highest BCUT2D eigenvalue weighted by Gasteiger charge is 2.34. The van der Waals surface area contributed by atoms with Gasteiger partial charge in [-0.15, -0.1) is 0 Å². The van der Waals surface area contributed by atoms with Crippen LogP contribution in [-0.2, 0) is 10.0 Å². The first kappa shape index (κ1) is 13.6. The molecule has 1 aromatic rings. The van der Waals surface area contributed by atoms with E-state index >= 15 is 0 Å². The third kappa shape index (κ3) is 3.16. The predicted octanol–water partition coefficient (Wildman–Crippen LogP) is 2.39. The Bertz CT molecular complexity index is 501. The lowest BCUT2D eigenvalue weighted by atomic mass is 9.97. The maximum absolute atomic E-state index is 12.1. The SMILES string of the molecule is O=S(=O)(Nc1ccc(Cl)cc1)C1CCCCC1O. The van der Waals surface area contributed by atoms with Gasteiger partial charge in [-0.25, -0.2) is 8.42 Å². The van der Waals surface area contributed by atoms with Gasteiger partial charge in [-0.2, -0.15) is 0 Å². The van der Waals surface area contributed by atoms with Gasteiger partial charge in [0.25, 0.3) is 0 Å². The average Bonchev–Trinajstić information content (AvgIpc) is 2.32. The summed E-state index contributed by atoms with van der Waals surface area (Å²) >= 11 is 5.74. The molecule has 1 saturated carbocycles. The summed E-state index contributed by atoms with van der Waals surface area (Å²) in [6.45, 7) is 0. The van der Waals surface area contributed by atoms with Gasteiger partial charge >= 0.3 is 0 Å². The number of sulfonamides is 1. The first-order valence-corrected chi connectivity index (χ1v) is 7.87. The van der Waals surface area contributed by atoms with Crippen molar-refractivity contribution < 1.29 is 13.5 Å². The second-order valence-electron chi connectivity index (χ2n) is 4.54. The number of nitrogens with one attached hydrogen (secondary N) is 1. The lowest BCUT2D eigenvalue weighted by Crippen LogP contribution is -2.40. The maximum Gasteiger partial charge on any atom is 0.238 e. The Morgan fingerprint density at radius 3 is 2.39 bits per heavy atom. The third-order valence-corrected chi connectivity index (χ3v) is 5.29. The van der Waals surface area contributed by atoms with Crippen LogP contribution in [0.25, 0.3) is 0 Å². The molecule has 2 rings (SSSR count). The molecule has 18 heavy (non-hydrogen) atoms. The van der Waals surface area contributed by atoms with E-state index in [1.54, 1.807) is 24.3 Å². The van der Waals surface area contributed by atoms with Crippen molar-refractivity contribution in [3.05, 3.63) is 29.3 Å². The van der Waals surface area contributed by atoms with Crippen molar-refractivity contribution in [1.29, 1.82) is 0 Å². The molecule has 1 aliphatic carbocycles. The Morgan fingerprint density at radius 2 is 1.78 bits per heavy atom. The minimum Gasteiger partial charge on any atom is -0.392 e. The monoisotopic (exact) mass is 289 g/mol. The number of rotatable bonds is 3. The van der Waals surface area contributed by atoms with Gasteiger partial charge in [0.2, 0.25) is 10.0 Å². The lowest BCUT2D eigenvalue weighted by Gasteiger charge is -2.27. The quantitative estimate of drug-likeness (QED) is 0.898. The highest BCUT2D eigenvalue weighted by Crippen LogP contribution is 2.26. The fraction of sp³-hybridized carbons (Fsp3) is 0.500. The molecule has 0 aliphatic heterocycles. The van der Waals surface area contributed by atoms with Crippen LogP contribution in [0.5, 0.6) is 0 Å². The van der Waals surface area contributed by atoms with Gasteiger partial charge in [0.15, 0.2) is 0 Å². The minimum atomic E-state index is -3.54. The summed E-state index contributed by atoms with van der Waals surface area (Å²) in [5, 5.41) is 9.62. The van der Waals surface area contributed by atoms with Crippen LogP contribution in [0.2, 0.25) is 5.02 Å². The van der Waals surface area contributed by atoms with Crippen LogP contribution >= 0.6 is 11.6 Å². The molecule has 2 N–H and O–H groups in total. The third-order valence-electron chi connectivity index (χ3n) is 3.17. The second kappa shape index (κ2) is 5.47. The molecule has 4 nitrogen and oxygen atoms in total. The van der Waals surface area contributed by atoms with Crippen LogP contribution in [0, 0.1) is 0 Å². The topological polar surface area (TPSA) is 66.4 Å². The van der Waals surface area contributed by atoms with Crippen molar-refractivity contribution in [3.8, 4) is 0 Å². The average molecular weight is 290 g/mol. The van der Waals surface area contributed by atoms with E-state index in [9.17, 15) is 13.5 Å². The summed E-state index contributed by atoms with van der Waals surface area (Å²) < 4.78 is 26.8. The van der Waals surface area contributed by atoms with Gasteiger partial charge in [0.05, 0.1) is 6.10 Å². The smallest absolute Gasteiger partial charge is 0.238 e. The highest BCUT2D eigenvalue weighted by molar-refractivity contribution is 7.93. The predicted molar refractivity (Wildman–Crippen MR) is 72.3 cm³/mol. The highest BCUT2D eigenvalue weighted by atomic mass is 35.5. The molecule has 2 atom stereocenters.